The largest absolute Gasteiger partial charge is 0.460 e. The number of alkyl halides is 1. The van der Waals surface area contributed by atoms with E-state index in [2.05, 4.69) is 45.5 Å². The van der Waals surface area contributed by atoms with Gasteiger partial charge in [-0.3, -0.25) is 0 Å². The Balaban J connectivity index is 1.61. The molecule has 0 aromatic heterocycles. The molecule has 3 aromatic carbocycles. The molecule has 0 bridgehead atoms. The molecular weight excluding hydrogens is 518 g/mol. The standard InChI is InChI=1S/C27H29BrClNO4/c1-2-32-26(31)27(34-25-16-10-22(29)11-17-25)33-24-14-8-21(9-15-24)20-6-12-23(13-7-20)30-19-5-3-4-18-28/h6-17,27,30H,2-5,18-19H2,1H3. The maximum Gasteiger partial charge on any atom is 0.389 e. The number of halogens is 2. The maximum absolute atomic E-state index is 12.4. The number of anilines is 1. The van der Waals surface area contributed by atoms with Crippen LogP contribution in [0.2, 0.25) is 5.02 Å². The fourth-order valence-corrected chi connectivity index (χ4v) is 3.75. The van der Waals surface area contributed by atoms with E-state index in [9.17, 15) is 4.79 Å². The molecule has 0 saturated carbocycles. The Morgan fingerprint density at radius 3 is 1.97 bits per heavy atom. The first-order valence-electron chi connectivity index (χ1n) is 11.3. The van der Waals surface area contributed by atoms with Crippen LogP contribution in [0.1, 0.15) is 26.2 Å². The summed E-state index contributed by atoms with van der Waals surface area (Å²) in [6, 6.07) is 22.5. The van der Waals surface area contributed by atoms with Crippen LogP contribution < -0.4 is 14.8 Å². The van der Waals surface area contributed by atoms with Gasteiger partial charge in [0.2, 0.25) is 0 Å². The van der Waals surface area contributed by atoms with E-state index in [4.69, 9.17) is 25.8 Å². The van der Waals surface area contributed by atoms with Gasteiger partial charge in [-0.15, -0.1) is 0 Å². The Bertz CT molecular complexity index is 1010. The predicted molar refractivity (Wildman–Crippen MR) is 141 cm³/mol. The van der Waals surface area contributed by atoms with Crippen LogP contribution in [0.4, 0.5) is 5.69 Å². The summed E-state index contributed by atoms with van der Waals surface area (Å²) in [6.07, 6.45) is 2.34. The molecule has 7 heteroatoms. The van der Waals surface area contributed by atoms with Crippen molar-refractivity contribution in [3.8, 4) is 22.6 Å². The summed E-state index contributed by atoms with van der Waals surface area (Å²) in [6.45, 7) is 2.93. The highest BCUT2D eigenvalue weighted by Crippen LogP contribution is 2.25. The van der Waals surface area contributed by atoms with Crippen molar-refractivity contribution in [2.45, 2.75) is 32.5 Å². The zero-order valence-corrected chi connectivity index (χ0v) is 21.5. The SMILES string of the molecule is CCOC(=O)C(Oc1ccc(Cl)cc1)Oc1ccc(-c2ccc(NCCCCCBr)cc2)cc1. The molecule has 0 heterocycles. The Morgan fingerprint density at radius 1 is 0.853 bits per heavy atom. The first-order chi connectivity index (χ1) is 16.6. The molecule has 3 aromatic rings. The number of rotatable bonds is 13. The van der Waals surface area contributed by atoms with Gasteiger partial charge in [0.1, 0.15) is 11.5 Å². The Kier molecular flexibility index (Phi) is 10.6. The molecule has 5 nitrogen and oxygen atoms in total. The zero-order valence-electron chi connectivity index (χ0n) is 19.1. The van der Waals surface area contributed by atoms with E-state index in [-0.39, 0.29) is 6.61 Å². The number of carbonyl (C=O) groups excluding carboxylic acids is 1. The molecule has 0 amide bonds. The minimum Gasteiger partial charge on any atom is -0.460 e. The summed E-state index contributed by atoms with van der Waals surface area (Å²) in [7, 11) is 0. The minimum absolute atomic E-state index is 0.226. The van der Waals surface area contributed by atoms with Crippen LogP contribution in [-0.4, -0.2) is 30.7 Å². The van der Waals surface area contributed by atoms with Gasteiger partial charge in [-0.25, -0.2) is 4.79 Å². The van der Waals surface area contributed by atoms with E-state index in [0.29, 0.717) is 16.5 Å². The van der Waals surface area contributed by atoms with Gasteiger partial charge in [0.25, 0.3) is 0 Å². The second-order valence-electron chi connectivity index (χ2n) is 7.55. The monoisotopic (exact) mass is 545 g/mol. The topological polar surface area (TPSA) is 56.8 Å². The number of unbranched alkanes of at least 4 members (excludes halogenated alkanes) is 2. The fourth-order valence-electron chi connectivity index (χ4n) is 3.23. The third-order valence-electron chi connectivity index (χ3n) is 4.99. The highest BCUT2D eigenvalue weighted by Gasteiger charge is 2.24. The summed E-state index contributed by atoms with van der Waals surface area (Å²) < 4.78 is 16.6. The predicted octanol–water partition coefficient (Wildman–Crippen LogP) is 7.33. The highest BCUT2D eigenvalue weighted by atomic mass is 79.9. The molecule has 0 saturated heterocycles. The molecule has 0 radical (unpaired) electrons. The second kappa shape index (κ2) is 13.9. The lowest BCUT2D eigenvalue weighted by Crippen LogP contribution is -2.35. The third kappa shape index (κ3) is 8.26. The Hall–Kier alpha value is -2.70. The molecule has 1 unspecified atom stereocenters. The Labute approximate surface area is 214 Å². The highest BCUT2D eigenvalue weighted by molar-refractivity contribution is 9.09. The van der Waals surface area contributed by atoms with Crippen molar-refractivity contribution >= 4 is 39.2 Å². The second-order valence-corrected chi connectivity index (χ2v) is 8.78. The zero-order chi connectivity index (χ0) is 24.2. The normalized spacial score (nSPS) is 11.5. The van der Waals surface area contributed by atoms with Crippen LogP contribution >= 0.6 is 27.5 Å². The van der Waals surface area contributed by atoms with Gasteiger partial charge in [-0.2, -0.15) is 0 Å². The number of hydrogen-bond donors (Lipinski definition) is 1. The van der Waals surface area contributed by atoms with Crippen molar-refractivity contribution in [1.29, 1.82) is 0 Å². The average molecular weight is 547 g/mol. The lowest BCUT2D eigenvalue weighted by atomic mass is 10.1. The molecule has 34 heavy (non-hydrogen) atoms. The molecule has 180 valence electrons. The van der Waals surface area contributed by atoms with E-state index in [0.717, 1.165) is 35.1 Å². The molecule has 0 aliphatic rings. The molecular formula is C27H29BrClNO4. The van der Waals surface area contributed by atoms with Crippen molar-refractivity contribution in [2.24, 2.45) is 0 Å². The van der Waals surface area contributed by atoms with Crippen LogP contribution in [0.25, 0.3) is 11.1 Å². The fraction of sp³-hybridized carbons (Fsp3) is 0.296. The summed E-state index contributed by atoms with van der Waals surface area (Å²) in [4.78, 5) is 12.4. The quantitative estimate of drug-likeness (QED) is 0.105. The molecule has 0 aliphatic heterocycles. The molecule has 0 fully saturated rings. The number of nitrogens with one attached hydrogen (secondary N) is 1. The molecule has 3 rings (SSSR count). The van der Waals surface area contributed by atoms with E-state index in [1.165, 1.54) is 12.8 Å². The number of ether oxygens (including phenoxy) is 3. The van der Waals surface area contributed by atoms with Gasteiger partial charge in [0.15, 0.2) is 0 Å². The van der Waals surface area contributed by atoms with E-state index in [1.807, 2.05) is 24.3 Å². The van der Waals surface area contributed by atoms with Crippen molar-refractivity contribution in [2.75, 3.05) is 23.8 Å². The van der Waals surface area contributed by atoms with Crippen LogP contribution in [0, 0.1) is 0 Å². The van der Waals surface area contributed by atoms with Crippen LogP contribution in [0.15, 0.2) is 72.8 Å². The van der Waals surface area contributed by atoms with E-state index in [1.54, 1.807) is 31.2 Å². The first kappa shape index (κ1) is 25.9. The first-order valence-corrected chi connectivity index (χ1v) is 12.8. The lowest BCUT2D eigenvalue weighted by molar-refractivity contribution is -0.165. The summed E-state index contributed by atoms with van der Waals surface area (Å²) in [5, 5.41) is 5.09. The smallest absolute Gasteiger partial charge is 0.389 e. The third-order valence-corrected chi connectivity index (χ3v) is 5.80. The average Bonchev–Trinajstić information content (AvgIpc) is 2.86. The van der Waals surface area contributed by atoms with Gasteiger partial charge in [-0.1, -0.05) is 58.2 Å². The summed E-state index contributed by atoms with van der Waals surface area (Å²) >= 11 is 9.38. The van der Waals surface area contributed by atoms with Crippen LogP contribution in [-0.2, 0) is 9.53 Å². The van der Waals surface area contributed by atoms with Gasteiger partial charge in [-0.05, 0) is 79.4 Å². The van der Waals surface area contributed by atoms with Gasteiger partial charge in [0, 0.05) is 22.6 Å². The number of benzene rings is 3. The number of carbonyl (C=O) groups is 1. The van der Waals surface area contributed by atoms with Gasteiger partial charge >= 0.3 is 12.3 Å². The van der Waals surface area contributed by atoms with Gasteiger partial charge < -0.3 is 19.5 Å². The van der Waals surface area contributed by atoms with Crippen molar-refractivity contribution < 1.29 is 19.0 Å². The number of esters is 1. The van der Waals surface area contributed by atoms with E-state index >= 15 is 0 Å². The summed E-state index contributed by atoms with van der Waals surface area (Å²) in [5.41, 5.74) is 3.25. The van der Waals surface area contributed by atoms with Crippen LogP contribution in [0.5, 0.6) is 11.5 Å². The lowest BCUT2D eigenvalue weighted by Gasteiger charge is -2.19. The maximum atomic E-state index is 12.4. The molecule has 0 aliphatic carbocycles. The molecule has 1 N–H and O–H groups in total. The summed E-state index contributed by atoms with van der Waals surface area (Å²) in [5.74, 6) is 0.352. The molecule has 1 atom stereocenters. The van der Waals surface area contributed by atoms with Crippen molar-refractivity contribution in [3.63, 3.8) is 0 Å². The van der Waals surface area contributed by atoms with Crippen LogP contribution in [0.3, 0.4) is 0 Å². The Morgan fingerprint density at radius 2 is 1.41 bits per heavy atom. The van der Waals surface area contributed by atoms with Crippen molar-refractivity contribution in [3.05, 3.63) is 77.8 Å². The van der Waals surface area contributed by atoms with E-state index < -0.39 is 12.3 Å². The minimum atomic E-state index is -1.23. The molecule has 0 spiro atoms. The van der Waals surface area contributed by atoms with Gasteiger partial charge in [0.05, 0.1) is 6.61 Å². The number of hydrogen-bond acceptors (Lipinski definition) is 5. The van der Waals surface area contributed by atoms with Crippen molar-refractivity contribution in [1.82, 2.24) is 0 Å².